The highest BCUT2D eigenvalue weighted by molar-refractivity contribution is 5.43. The van der Waals surface area contributed by atoms with E-state index in [0.717, 1.165) is 52.0 Å². The molecule has 1 fully saturated rings. The van der Waals surface area contributed by atoms with Crippen LogP contribution in [0.3, 0.4) is 0 Å². The normalized spacial score (nSPS) is 20.2. The summed E-state index contributed by atoms with van der Waals surface area (Å²) in [5.41, 5.74) is 1.20. The summed E-state index contributed by atoms with van der Waals surface area (Å²) >= 11 is 0. The van der Waals surface area contributed by atoms with Crippen molar-refractivity contribution < 1.29 is 19.3 Å². The predicted octanol–water partition coefficient (Wildman–Crippen LogP) is 2.31. The first-order valence-electron chi connectivity index (χ1n) is 10.3. The lowest BCUT2D eigenvalue weighted by atomic mass is 10.1. The van der Waals surface area contributed by atoms with Gasteiger partial charge in [-0.15, -0.1) is 0 Å². The average Bonchev–Trinajstić information content (AvgIpc) is 2.74. The van der Waals surface area contributed by atoms with E-state index in [2.05, 4.69) is 28.0 Å². The summed E-state index contributed by atoms with van der Waals surface area (Å²) < 4.78 is 16.8. The molecule has 3 rings (SSSR count). The Bertz CT molecular complexity index is 629. The molecule has 1 aromatic carbocycles. The third-order valence-corrected chi connectivity index (χ3v) is 5.54. The third-order valence-electron chi connectivity index (χ3n) is 5.54. The van der Waals surface area contributed by atoms with Crippen LogP contribution in [0.4, 0.5) is 0 Å². The summed E-state index contributed by atoms with van der Waals surface area (Å²) in [5, 5.41) is 10.4. The van der Waals surface area contributed by atoms with Crippen molar-refractivity contribution in [3.8, 4) is 11.5 Å². The van der Waals surface area contributed by atoms with E-state index in [4.69, 9.17) is 14.2 Å². The largest absolute Gasteiger partial charge is 0.493 e. The molecule has 0 aliphatic carbocycles. The van der Waals surface area contributed by atoms with Crippen LogP contribution < -0.4 is 9.47 Å². The Labute approximate surface area is 168 Å². The Morgan fingerprint density at radius 2 is 1.89 bits per heavy atom. The molecule has 0 saturated carbocycles. The van der Waals surface area contributed by atoms with Gasteiger partial charge in [-0.1, -0.05) is 18.2 Å². The first kappa shape index (κ1) is 21.1. The van der Waals surface area contributed by atoms with Crippen LogP contribution in [0.15, 0.2) is 30.4 Å². The number of rotatable bonds is 9. The van der Waals surface area contributed by atoms with Crippen LogP contribution >= 0.6 is 0 Å². The quantitative estimate of drug-likeness (QED) is 0.653. The Morgan fingerprint density at radius 3 is 2.57 bits per heavy atom. The molecule has 0 radical (unpaired) electrons. The predicted molar refractivity (Wildman–Crippen MR) is 110 cm³/mol. The second kappa shape index (κ2) is 10.8. The van der Waals surface area contributed by atoms with E-state index in [1.807, 2.05) is 12.1 Å². The van der Waals surface area contributed by atoms with Gasteiger partial charge in [0.25, 0.3) is 0 Å². The number of benzene rings is 1. The molecule has 1 unspecified atom stereocenters. The van der Waals surface area contributed by atoms with E-state index in [-0.39, 0.29) is 6.61 Å². The summed E-state index contributed by atoms with van der Waals surface area (Å²) in [5.74, 6) is 1.40. The minimum absolute atomic E-state index is 0.260. The average molecular weight is 391 g/mol. The van der Waals surface area contributed by atoms with Crippen molar-refractivity contribution >= 4 is 0 Å². The molecule has 2 aliphatic rings. The number of piperidine rings is 1. The van der Waals surface area contributed by atoms with Crippen LogP contribution in [-0.2, 0) is 11.3 Å². The molecular weight excluding hydrogens is 356 g/mol. The van der Waals surface area contributed by atoms with Crippen molar-refractivity contribution in [1.82, 2.24) is 9.80 Å². The number of hydrogen-bond donors (Lipinski definition) is 1. The number of β-amino-alcohol motifs (C(OH)–C–C–N with tert-alkyl or cyclic N) is 1. The highest BCUT2D eigenvalue weighted by Gasteiger charge is 2.21. The van der Waals surface area contributed by atoms with Gasteiger partial charge in [-0.25, -0.2) is 0 Å². The fraction of sp³-hybridized carbons (Fsp3) is 0.636. The number of aliphatic hydroxyl groups excluding tert-OH is 1. The maximum absolute atomic E-state index is 10.4. The molecule has 1 N–H and O–H groups in total. The maximum Gasteiger partial charge on any atom is 0.161 e. The van der Waals surface area contributed by atoms with Crippen LogP contribution in [0.1, 0.15) is 24.8 Å². The molecule has 6 nitrogen and oxygen atoms in total. The van der Waals surface area contributed by atoms with Crippen LogP contribution in [0.25, 0.3) is 0 Å². The minimum atomic E-state index is -0.528. The van der Waals surface area contributed by atoms with Crippen LogP contribution in [-0.4, -0.2) is 80.7 Å². The Kier molecular flexibility index (Phi) is 8.15. The summed E-state index contributed by atoms with van der Waals surface area (Å²) in [6.07, 6.45) is 7.42. The minimum Gasteiger partial charge on any atom is -0.493 e. The first-order valence-corrected chi connectivity index (χ1v) is 10.3. The zero-order chi connectivity index (χ0) is 19.8. The van der Waals surface area contributed by atoms with Gasteiger partial charge in [0, 0.05) is 46.4 Å². The lowest BCUT2D eigenvalue weighted by Crippen LogP contribution is -2.42. The van der Waals surface area contributed by atoms with Gasteiger partial charge < -0.3 is 24.2 Å². The number of ether oxygens (including phenoxy) is 3. The van der Waals surface area contributed by atoms with Crippen molar-refractivity contribution in [2.24, 2.45) is 0 Å². The molecule has 1 aromatic rings. The third kappa shape index (κ3) is 6.21. The Morgan fingerprint density at radius 1 is 1.07 bits per heavy atom. The Balaban J connectivity index is 1.50. The van der Waals surface area contributed by atoms with Crippen LogP contribution in [0.2, 0.25) is 0 Å². The standard InChI is InChI=1S/C22H34N2O4/c1-26-20-8-12-24(13-9-20)16-19(25)17-28-22-14-18(6-7-21(22)27-2)15-23-10-4-3-5-11-23/h3-4,6-7,14,19-20,25H,5,8-13,15-17H2,1-2H3. The lowest BCUT2D eigenvalue weighted by Gasteiger charge is -2.32. The monoisotopic (exact) mass is 390 g/mol. The highest BCUT2D eigenvalue weighted by atomic mass is 16.5. The van der Waals surface area contributed by atoms with Gasteiger partial charge in [0.2, 0.25) is 0 Å². The molecular formula is C22H34N2O4. The van der Waals surface area contributed by atoms with Gasteiger partial charge in [0.05, 0.1) is 13.2 Å². The van der Waals surface area contributed by atoms with Crippen LogP contribution in [0, 0.1) is 0 Å². The van der Waals surface area contributed by atoms with Crippen molar-refractivity contribution in [2.75, 3.05) is 53.6 Å². The molecule has 1 atom stereocenters. The van der Waals surface area contributed by atoms with E-state index >= 15 is 0 Å². The lowest BCUT2D eigenvalue weighted by molar-refractivity contribution is 0.0151. The molecule has 2 heterocycles. The van der Waals surface area contributed by atoms with Gasteiger partial charge in [-0.2, -0.15) is 0 Å². The molecule has 1 saturated heterocycles. The van der Waals surface area contributed by atoms with E-state index < -0.39 is 6.10 Å². The van der Waals surface area contributed by atoms with Crippen molar-refractivity contribution in [2.45, 2.75) is 38.0 Å². The molecule has 0 spiro atoms. The zero-order valence-electron chi connectivity index (χ0n) is 17.2. The number of likely N-dealkylation sites (tertiary alicyclic amines) is 1. The molecule has 0 aromatic heterocycles. The fourth-order valence-electron chi connectivity index (χ4n) is 3.89. The van der Waals surface area contributed by atoms with Crippen molar-refractivity contribution in [3.05, 3.63) is 35.9 Å². The summed E-state index contributed by atoms with van der Waals surface area (Å²) in [4.78, 5) is 4.69. The van der Waals surface area contributed by atoms with E-state index in [9.17, 15) is 5.11 Å². The number of aliphatic hydroxyl groups is 1. The van der Waals surface area contributed by atoms with Crippen molar-refractivity contribution in [3.63, 3.8) is 0 Å². The van der Waals surface area contributed by atoms with E-state index in [1.54, 1.807) is 14.2 Å². The van der Waals surface area contributed by atoms with E-state index in [0.29, 0.717) is 24.1 Å². The van der Waals surface area contributed by atoms with Gasteiger partial charge in [0.15, 0.2) is 11.5 Å². The maximum atomic E-state index is 10.4. The van der Waals surface area contributed by atoms with Gasteiger partial charge >= 0.3 is 0 Å². The Hall–Kier alpha value is -1.60. The summed E-state index contributed by atoms with van der Waals surface area (Å²) in [6.45, 7) is 5.76. The first-order chi connectivity index (χ1) is 13.7. The SMILES string of the molecule is COc1ccc(CN2CC=CCC2)cc1OCC(O)CN1CCC(OC)CC1. The summed E-state index contributed by atoms with van der Waals surface area (Å²) in [6, 6.07) is 6.07. The summed E-state index contributed by atoms with van der Waals surface area (Å²) in [7, 11) is 3.42. The second-order valence-corrected chi connectivity index (χ2v) is 7.68. The topological polar surface area (TPSA) is 54.4 Å². The fourth-order valence-corrected chi connectivity index (χ4v) is 3.89. The molecule has 0 bridgehead atoms. The molecule has 6 heteroatoms. The number of nitrogens with zero attached hydrogens (tertiary/aromatic N) is 2. The van der Waals surface area contributed by atoms with Gasteiger partial charge in [-0.05, 0) is 37.0 Å². The second-order valence-electron chi connectivity index (χ2n) is 7.68. The molecule has 2 aliphatic heterocycles. The molecule has 28 heavy (non-hydrogen) atoms. The smallest absolute Gasteiger partial charge is 0.161 e. The van der Waals surface area contributed by atoms with Gasteiger partial charge in [-0.3, -0.25) is 4.90 Å². The molecule has 156 valence electrons. The zero-order valence-corrected chi connectivity index (χ0v) is 17.2. The van der Waals surface area contributed by atoms with Crippen molar-refractivity contribution in [1.29, 1.82) is 0 Å². The van der Waals surface area contributed by atoms with Crippen LogP contribution in [0.5, 0.6) is 11.5 Å². The van der Waals surface area contributed by atoms with Gasteiger partial charge in [0.1, 0.15) is 12.7 Å². The molecule has 0 amide bonds. The number of hydrogen-bond acceptors (Lipinski definition) is 6. The number of methoxy groups -OCH3 is 2. The highest BCUT2D eigenvalue weighted by Crippen LogP contribution is 2.29. The van der Waals surface area contributed by atoms with E-state index in [1.165, 1.54) is 5.56 Å².